The molecule has 0 atom stereocenters. The summed E-state index contributed by atoms with van der Waals surface area (Å²) in [7, 11) is -9.33. The van der Waals surface area contributed by atoms with Crippen LogP contribution in [0.1, 0.15) is 0 Å². The Balaban J connectivity index is 2.13. The summed E-state index contributed by atoms with van der Waals surface area (Å²) in [6.45, 7) is 0. The smallest absolute Gasteiger partial charge is 0.277 e. The van der Waals surface area contributed by atoms with E-state index in [1.807, 2.05) is 9.44 Å². The van der Waals surface area contributed by atoms with Crippen molar-refractivity contribution in [1.82, 2.24) is 0 Å². The Bertz CT molecular complexity index is 1560. The second kappa shape index (κ2) is 10.0. The third kappa shape index (κ3) is 5.76. The number of nitrogens with zero attached hydrogens (tertiary/aromatic N) is 4. The third-order valence-electron chi connectivity index (χ3n) is 4.71. The highest BCUT2D eigenvalue weighted by Crippen LogP contribution is 2.38. The number of rotatable bonds is 10. The fourth-order valence-electron chi connectivity index (χ4n) is 2.94. The molecule has 0 radical (unpaired) electrons. The SMILES string of the molecule is O=[N+]([O-])c1ccc(S(=O)(=O)Nc2cc([N+](=O)[O-])c([N+](=O)[O-])cc2NS(=O)(=O)c2ccc([N+](=O)[O-])cc2)cc1. The molecule has 0 aliphatic rings. The predicted octanol–water partition coefficient (Wildman–Crippen LogP) is 2.92. The van der Waals surface area contributed by atoms with Crippen molar-refractivity contribution in [2.45, 2.75) is 9.79 Å². The maximum Gasteiger partial charge on any atom is 0.348 e. The molecule has 0 saturated carbocycles. The molecule has 0 bridgehead atoms. The van der Waals surface area contributed by atoms with Crippen LogP contribution in [0.25, 0.3) is 0 Å². The van der Waals surface area contributed by atoms with Gasteiger partial charge in [0.2, 0.25) is 0 Å². The summed E-state index contributed by atoms with van der Waals surface area (Å²) in [6, 6.07) is 7.57. The fourth-order valence-corrected chi connectivity index (χ4v) is 5.08. The minimum absolute atomic E-state index is 0.411. The van der Waals surface area contributed by atoms with Crippen LogP contribution in [0.3, 0.4) is 0 Å². The highest BCUT2D eigenvalue weighted by molar-refractivity contribution is 7.93. The highest BCUT2D eigenvalue weighted by atomic mass is 32.2. The van der Waals surface area contributed by atoms with E-state index < -0.39 is 83.7 Å². The maximum atomic E-state index is 12.8. The molecule has 2 N–H and O–H groups in total. The van der Waals surface area contributed by atoms with Gasteiger partial charge in [-0.25, -0.2) is 16.8 Å². The van der Waals surface area contributed by atoms with Crippen molar-refractivity contribution in [3.05, 3.63) is 101 Å². The molecule has 3 rings (SSSR count). The van der Waals surface area contributed by atoms with E-state index in [2.05, 4.69) is 0 Å². The van der Waals surface area contributed by atoms with Crippen LogP contribution in [0.15, 0.2) is 70.5 Å². The second-order valence-corrected chi connectivity index (χ2v) is 10.5. The number of benzene rings is 3. The summed E-state index contributed by atoms with van der Waals surface area (Å²) in [5.74, 6) is 0. The van der Waals surface area contributed by atoms with Crippen molar-refractivity contribution in [3.8, 4) is 0 Å². The van der Waals surface area contributed by atoms with Gasteiger partial charge in [0.1, 0.15) is 0 Å². The van der Waals surface area contributed by atoms with Crippen LogP contribution in [-0.2, 0) is 20.0 Å². The van der Waals surface area contributed by atoms with Gasteiger partial charge in [0.05, 0.1) is 40.9 Å². The zero-order valence-electron chi connectivity index (χ0n) is 18.3. The van der Waals surface area contributed by atoms with Crippen LogP contribution in [0.5, 0.6) is 0 Å². The monoisotopic (exact) mass is 568 g/mol. The summed E-state index contributed by atoms with van der Waals surface area (Å²) >= 11 is 0. The van der Waals surface area contributed by atoms with E-state index in [1.165, 1.54) is 0 Å². The van der Waals surface area contributed by atoms with Gasteiger partial charge in [-0.2, -0.15) is 0 Å². The Labute approximate surface area is 211 Å². The minimum atomic E-state index is -4.66. The van der Waals surface area contributed by atoms with E-state index >= 15 is 0 Å². The molecule has 0 aromatic heterocycles. The molecule has 0 spiro atoms. The van der Waals surface area contributed by atoms with E-state index in [-0.39, 0.29) is 0 Å². The lowest BCUT2D eigenvalue weighted by molar-refractivity contribution is -0.422. The van der Waals surface area contributed by atoms with Crippen molar-refractivity contribution in [1.29, 1.82) is 0 Å². The number of sulfonamides is 2. The first-order valence-corrected chi connectivity index (χ1v) is 12.6. The highest BCUT2D eigenvalue weighted by Gasteiger charge is 2.30. The molecule has 0 heterocycles. The molecule has 198 valence electrons. The molecule has 0 fully saturated rings. The molecular formula is C18H12N6O12S2. The third-order valence-corrected chi connectivity index (χ3v) is 7.48. The zero-order valence-corrected chi connectivity index (χ0v) is 19.9. The minimum Gasteiger partial charge on any atom is -0.277 e. The van der Waals surface area contributed by atoms with E-state index in [0.29, 0.717) is 12.1 Å². The van der Waals surface area contributed by atoms with Crippen LogP contribution in [-0.4, -0.2) is 36.5 Å². The lowest BCUT2D eigenvalue weighted by Gasteiger charge is -2.15. The van der Waals surface area contributed by atoms with Gasteiger partial charge >= 0.3 is 11.4 Å². The molecule has 0 unspecified atom stereocenters. The number of anilines is 2. The first-order valence-electron chi connectivity index (χ1n) is 9.64. The molecule has 0 aliphatic carbocycles. The zero-order chi connectivity index (χ0) is 28.4. The first kappa shape index (κ1) is 27.3. The Hall–Kier alpha value is -5.24. The van der Waals surface area contributed by atoms with E-state index in [4.69, 9.17) is 0 Å². The molecule has 3 aromatic carbocycles. The standard InChI is InChI=1S/C18H12N6O12S2/c25-21(26)11-1-5-13(6-2-11)37(33,34)19-15-9-17(23(29)30)18(24(31)32)10-16(15)20-38(35,36)14-7-3-12(4-8-14)22(27)28/h1-10,19-20H. The Morgan fingerprint density at radius 2 is 0.789 bits per heavy atom. The lowest BCUT2D eigenvalue weighted by Crippen LogP contribution is -2.18. The van der Waals surface area contributed by atoms with Crippen LogP contribution >= 0.6 is 0 Å². The molecule has 0 amide bonds. The molecule has 0 aliphatic heterocycles. The molecule has 20 heteroatoms. The largest absolute Gasteiger partial charge is 0.348 e. The number of non-ortho nitro benzene ring substituents is 2. The first-order chi connectivity index (χ1) is 17.6. The van der Waals surface area contributed by atoms with Gasteiger partial charge in [-0.15, -0.1) is 0 Å². The van der Waals surface area contributed by atoms with Crippen LogP contribution in [0.2, 0.25) is 0 Å². The number of hydrogen-bond donors (Lipinski definition) is 2. The topological polar surface area (TPSA) is 265 Å². The van der Waals surface area contributed by atoms with Crippen molar-refractivity contribution in [2.24, 2.45) is 0 Å². The van der Waals surface area contributed by atoms with Gasteiger partial charge in [-0.3, -0.25) is 49.9 Å². The molecule has 18 nitrogen and oxygen atoms in total. The number of nitrogens with one attached hydrogen (secondary N) is 2. The van der Waals surface area contributed by atoms with Crippen LogP contribution in [0.4, 0.5) is 34.1 Å². The lowest BCUT2D eigenvalue weighted by atomic mass is 10.2. The van der Waals surface area contributed by atoms with Crippen molar-refractivity contribution in [2.75, 3.05) is 9.44 Å². The Morgan fingerprint density at radius 1 is 0.500 bits per heavy atom. The quantitative estimate of drug-likeness (QED) is 0.264. The molecular weight excluding hydrogens is 556 g/mol. The molecule has 3 aromatic rings. The van der Waals surface area contributed by atoms with E-state index in [1.54, 1.807) is 0 Å². The second-order valence-electron chi connectivity index (χ2n) is 7.11. The van der Waals surface area contributed by atoms with Gasteiger partial charge in [0.25, 0.3) is 31.4 Å². The number of nitro benzene ring substituents is 4. The average molecular weight is 568 g/mol. The van der Waals surface area contributed by atoms with E-state index in [0.717, 1.165) is 48.5 Å². The Kier molecular flexibility index (Phi) is 7.21. The molecule has 0 saturated heterocycles. The van der Waals surface area contributed by atoms with Gasteiger partial charge < -0.3 is 0 Å². The predicted molar refractivity (Wildman–Crippen MR) is 128 cm³/mol. The number of hydrogen-bond acceptors (Lipinski definition) is 12. The van der Waals surface area contributed by atoms with Crippen molar-refractivity contribution >= 4 is 54.2 Å². The van der Waals surface area contributed by atoms with Crippen LogP contribution < -0.4 is 9.44 Å². The van der Waals surface area contributed by atoms with Gasteiger partial charge in [-0.05, 0) is 24.3 Å². The van der Waals surface area contributed by atoms with Gasteiger partial charge in [0, 0.05) is 36.4 Å². The summed E-state index contributed by atoms with van der Waals surface area (Å²) in [5.41, 5.74) is -4.88. The summed E-state index contributed by atoms with van der Waals surface area (Å²) in [5, 5.41) is 44.4. The summed E-state index contributed by atoms with van der Waals surface area (Å²) in [6.07, 6.45) is 0. The van der Waals surface area contributed by atoms with Crippen molar-refractivity contribution < 1.29 is 36.5 Å². The van der Waals surface area contributed by atoms with Gasteiger partial charge in [0.15, 0.2) is 0 Å². The maximum absolute atomic E-state index is 12.8. The van der Waals surface area contributed by atoms with Crippen LogP contribution in [0, 0.1) is 40.5 Å². The number of nitro groups is 4. The van der Waals surface area contributed by atoms with Gasteiger partial charge in [-0.1, -0.05) is 0 Å². The summed E-state index contributed by atoms with van der Waals surface area (Å²) in [4.78, 5) is 39.3. The molecule has 38 heavy (non-hydrogen) atoms. The Morgan fingerprint density at radius 3 is 1.03 bits per heavy atom. The summed E-state index contributed by atoms with van der Waals surface area (Å²) < 4.78 is 55.1. The van der Waals surface area contributed by atoms with E-state index in [9.17, 15) is 57.3 Å². The van der Waals surface area contributed by atoms with Crippen molar-refractivity contribution in [3.63, 3.8) is 0 Å². The average Bonchev–Trinajstić information content (AvgIpc) is 2.84. The normalized spacial score (nSPS) is 11.4. The fraction of sp³-hybridized carbons (Fsp3) is 0.